The summed E-state index contributed by atoms with van der Waals surface area (Å²) in [4.78, 5) is 36.1. The number of likely N-dealkylation sites (tertiary alicyclic amines) is 1. The zero-order valence-corrected chi connectivity index (χ0v) is 13.7. The van der Waals surface area contributed by atoms with Crippen molar-refractivity contribution in [2.75, 3.05) is 19.6 Å². The molecule has 1 heterocycles. The number of Topliss-reactive ketones (excluding diaryl/α,β-unsaturated/α-hetero) is 1. The first-order valence-corrected chi connectivity index (χ1v) is 8.36. The lowest BCUT2D eigenvalue weighted by Crippen LogP contribution is -2.46. The molecule has 2 N–H and O–H groups in total. The molecule has 0 aromatic heterocycles. The molecule has 0 spiro atoms. The van der Waals surface area contributed by atoms with Crippen molar-refractivity contribution in [2.45, 2.75) is 38.1 Å². The number of carbonyl (C=O) groups is 3. The van der Waals surface area contributed by atoms with Gasteiger partial charge >= 0.3 is 5.97 Å². The Bertz CT molecular complexity index is 566. The molecule has 0 radical (unpaired) electrons. The number of nitrogens with zero attached hydrogens (tertiary/aromatic N) is 1. The van der Waals surface area contributed by atoms with Crippen LogP contribution in [0, 0.1) is 0 Å². The average molecular weight is 332 g/mol. The fourth-order valence-electron chi connectivity index (χ4n) is 2.83. The van der Waals surface area contributed by atoms with Crippen LogP contribution in [0.2, 0.25) is 0 Å². The van der Waals surface area contributed by atoms with E-state index < -0.39 is 17.7 Å². The molecule has 1 aliphatic heterocycles. The molecule has 1 fully saturated rings. The highest BCUT2D eigenvalue weighted by Gasteiger charge is 2.23. The van der Waals surface area contributed by atoms with E-state index in [1.165, 1.54) is 5.56 Å². The summed E-state index contributed by atoms with van der Waals surface area (Å²) in [6.45, 7) is 2.77. The van der Waals surface area contributed by atoms with Crippen LogP contribution in [0.25, 0.3) is 0 Å². The number of hydrogen-bond donors (Lipinski definition) is 2. The maximum absolute atomic E-state index is 11.7. The number of carbonyl (C=O) groups excluding carboxylic acids is 2. The van der Waals surface area contributed by atoms with E-state index in [9.17, 15) is 14.4 Å². The van der Waals surface area contributed by atoms with Gasteiger partial charge in [0.25, 0.3) is 5.91 Å². The Balaban J connectivity index is 1.66. The molecule has 0 bridgehead atoms. The minimum absolute atomic E-state index is 0.000691. The first-order chi connectivity index (χ1) is 11.5. The molecule has 2 rings (SSSR count). The lowest BCUT2D eigenvalue weighted by atomic mass is 10.0. The predicted molar refractivity (Wildman–Crippen MR) is 89.6 cm³/mol. The monoisotopic (exact) mass is 332 g/mol. The summed E-state index contributed by atoms with van der Waals surface area (Å²) in [5, 5.41) is 11.3. The van der Waals surface area contributed by atoms with Gasteiger partial charge in [0.2, 0.25) is 5.78 Å². The Kier molecular flexibility index (Phi) is 6.93. The van der Waals surface area contributed by atoms with E-state index in [4.69, 9.17) is 5.11 Å². The SMILES string of the molecule is O=C(O)CCC(=O)C(=O)NC1CCN(CCc2ccccc2)CC1. The van der Waals surface area contributed by atoms with E-state index in [1.54, 1.807) is 0 Å². The summed E-state index contributed by atoms with van der Waals surface area (Å²) in [7, 11) is 0. The van der Waals surface area contributed by atoms with Crippen LogP contribution in [0.1, 0.15) is 31.2 Å². The van der Waals surface area contributed by atoms with Gasteiger partial charge < -0.3 is 15.3 Å². The Morgan fingerprint density at radius 2 is 1.75 bits per heavy atom. The topological polar surface area (TPSA) is 86.7 Å². The summed E-state index contributed by atoms with van der Waals surface area (Å²) in [5.74, 6) is -2.37. The van der Waals surface area contributed by atoms with Gasteiger partial charge in [-0.05, 0) is 24.8 Å². The van der Waals surface area contributed by atoms with Crippen LogP contribution in [0.3, 0.4) is 0 Å². The van der Waals surface area contributed by atoms with E-state index >= 15 is 0 Å². The number of carboxylic acid groups (broad SMARTS) is 1. The molecule has 1 aromatic carbocycles. The molecule has 0 saturated carbocycles. The first kappa shape index (κ1) is 18.1. The van der Waals surface area contributed by atoms with Gasteiger partial charge in [-0.3, -0.25) is 14.4 Å². The Morgan fingerprint density at radius 1 is 1.08 bits per heavy atom. The van der Waals surface area contributed by atoms with Crippen molar-refractivity contribution in [3.05, 3.63) is 35.9 Å². The minimum atomic E-state index is -1.07. The molecule has 1 amide bonds. The van der Waals surface area contributed by atoms with E-state index in [1.807, 2.05) is 18.2 Å². The average Bonchev–Trinajstić information content (AvgIpc) is 2.60. The quantitative estimate of drug-likeness (QED) is 0.700. The standard InChI is InChI=1S/C18H24N2O4/c21-16(6-7-17(22)23)18(24)19-15-9-12-20(13-10-15)11-8-14-4-2-1-3-5-14/h1-5,15H,6-13H2,(H,19,24)(H,22,23). The molecule has 6 nitrogen and oxygen atoms in total. The lowest BCUT2D eigenvalue weighted by Gasteiger charge is -2.32. The Morgan fingerprint density at radius 3 is 2.38 bits per heavy atom. The summed E-state index contributed by atoms with van der Waals surface area (Å²) < 4.78 is 0. The van der Waals surface area contributed by atoms with Gasteiger partial charge in [0.15, 0.2) is 0 Å². The normalized spacial score (nSPS) is 15.8. The molecular weight excluding hydrogens is 308 g/mol. The zero-order valence-electron chi connectivity index (χ0n) is 13.7. The molecular formula is C18H24N2O4. The second-order valence-corrected chi connectivity index (χ2v) is 6.14. The molecule has 130 valence electrons. The van der Waals surface area contributed by atoms with Gasteiger partial charge in [0.1, 0.15) is 0 Å². The van der Waals surface area contributed by atoms with Crippen molar-refractivity contribution in [1.29, 1.82) is 0 Å². The van der Waals surface area contributed by atoms with Crippen LogP contribution < -0.4 is 5.32 Å². The highest BCUT2D eigenvalue weighted by molar-refractivity contribution is 6.36. The van der Waals surface area contributed by atoms with Gasteiger partial charge in [-0.25, -0.2) is 0 Å². The fraction of sp³-hybridized carbons (Fsp3) is 0.500. The second kappa shape index (κ2) is 9.17. The van der Waals surface area contributed by atoms with Gasteiger partial charge in [0, 0.05) is 32.1 Å². The van der Waals surface area contributed by atoms with Crippen LogP contribution in [-0.2, 0) is 20.8 Å². The van der Waals surface area contributed by atoms with Crippen LogP contribution in [0.5, 0.6) is 0 Å². The molecule has 1 aliphatic rings. The number of piperidine rings is 1. The maximum Gasteiger partial charge on any atom is 0.303 e. The molecule has 1 aromatic rings. The number of ketones is 1. The summed E-state index contributed by atoms with van der Waals surface area (Å²) in [5.41, 5.74) is 1.32. The summed E-state index contributed by atoms with van der Waals surface area (Å²) in [6.07, 6.45) is 2.09. The van der Waals surface area contributed by atoms with Crippen molar-refractivity contribution >= 4 is 17.7 Å². The van der Waals surface area contributed by atoms with Crippen LogP contribution >= 0.6 is 0 Å². The van der Waals surface area contributed by atoms with Crippen LogP contribution in [0.15, 0.2) is 30.3 Å². The van der Waals surface area contributed by atoms with E-state index in [0.29, 0.717) is 0 Å². The number of aliphatic carboxylic acids is 1. The summed E-state index contributed by atoms with van der Waals surface area (Å²) >= 11 is 0. The third kappa shape index (κ3) is 6.12. The molecule has 0 atom stereocenters. The Labute approximate surface area is 141 Å². The number of amides is 1. The van der Waals surface area contributed by atoms with Gasteiger partial charge in [0.05, 0.1) is 6.42 Å². The van der Waals surface area contributed by atoms with Crippen molar-refractivity contribution in [2.24, 2.45) is 0 Å². The Hall–Kier alpha value is -2.21. The van der Waals surface area contributed by atoms with Crippen LogP contribution in [0.4, 0.5) is 0 Å². The van der Waals surface area contributed by atoms with E-state index in [0.717, 1.165) is 38.9 Å². The van der Waals surface area contributed by atoms with Crippen molar-refractivity contribution in [3.63, 3.8) is 0 Å². The van der Waals surface area contributed by atoms with Crippen molar-refractivity contribution < 1.29 is 19.5 Å². The van der Waals surface area contributed by atoms with Gasteiger partial charge in [-0.1, -0.05) is 30.3 Å². The van der Waals surface area contributed by atoms with Crippen molar-refractivity contribution in [3.8, 4) is 0 Å². The largest absolute Gasteiger partial charge is 0.481 e. The maximum atomic E-state index is 11.7. The molecule has 1 saturated heterocycles. The van der Waals surface area contributed by atoms with E-state index in [2.05, 4.69) is 22.3 Å². The number of rotatable bonds is 8. The smallest absolute Gasteiger partial charge is 0.303 e. The van der Waals surface area contributed by atoms with E-state index in [-0.39, 0.29) is 18.9 Å². The highest BCUT2D eigenvalue weighted by atomic mass is 16.4. The number of hydrogen-bond acceptors (Lipinski definition) is 4. The molecule has 6 heteroatoms. The summed E-state index contributed by atoms with van der Waals surface area (Å²) in [6, 6.07) is 10.3. The fourth-order valence-corrected chi connectivity index (χ4v) is 2.83. The third-order valence-corrected chi connectivity index (χ3v) is 4.30. The molecule has 0 unspecified atom stereocenters. The number of nitrogens with one attached hydrogen (secondary N) is 1. The zero-order chi connectivity index (χ0) is 17.4. The molecule has 0 aliphatic carbocycles. The molecule has 24 heavy (non-hydrogen) atoms. The van der Waals surface area contributed by atoms with Gasteiger partial charge in [-0.2, -0.15) is 0 Å². The lowest BCUT2D eigenvalue weighted by molar-refractivity contribution is -0.141. The minimum Gasteiger partial charge on any atom is -0.481 e. The van der Waals surface area contributed by atoms with Gasteiger partial charge in [-0.15, -0.1) is 0 Å². The predicted octanol–water partition coefficient (Wildman–Crippen LogP) is 1.24. The first-order valence-electron chi connectivity index (χ1n) is 8.36. The highest BCUT2D eigenvalue weighted by Crippen LogP contribution is 2.11. The third-order valence-electron chi connectivity index (χ3n) is 4.30. The number of carboxylic acids is 1. The van der Waals surface area contributed by atoms with Crippen molar-refractivity contribution in [1.82, 2.24) is 10.2 Å². The number of benzene rings is 1. The van der Waals surface area contributed by atoms with Crippen LogP contribution in [-0.4, -0.2) is 53.3 Å². The second-order valence-electron chi connectivity index (χ2n) is 6.14.